The van der Waals surface area contributed by atoms with Gasteiger partial charge in [0.2, 0.25) is 47.4 Å². The Bertz CT molecular complexity index is 4920. The molecule has 0 spiro atoms. The van der Waals surface area contributed by atoms with Crippen LogP contribution in [-0.2, 0) is 45.4 Å². The molecule has 0 radical (unpaired) electrons. The number of carbonyl (C=O) groups is 8. The molecule has 36 nitrogen and oxygen atoms in total. The van der Waals surface area contributed by atoms with Gasteiger partial charge in [-0.25, -0.2) is 19.9 Å². The zero-order chi connectivity index (χ0) is 95.3. The zero-order valence-electron chi connectivity index (χ0n) is 78.7. The maximum Gasteiger partial charge on any atom is 0.256 e. The number of fused-ring (bicyclic) bond motifs is 8. The van der Waals surface area contributed by atoms with Crippen molar-refractivity contribution in [3.05, 3.63) is 189 Å². The largest absolute Gasteiger partial charge is 0.369 e. The topological polar surface area (TPSA) is 536 Å². The molecule has 4 aromatic heterocycles. The van der Waals surface area contributed by atoms with Crippen LogP contribution in [0.25, 0.3) is 0 Å². The quantitative estimate of drug-likeness (QED) is 0.0540. The Morgan fingerprint density at radius 2 is 0.448 bits per heavy atom. The van der Waals surface area contributed by atoms with Gasteiger partial charge in [0.25, 0.3) is 23.6 Å². The van der Waals surface area contributed by atoms with E-state index in [-0.39, 0.29) is 47.3 Å². The fraction of sp³-hybridized carbons (Fsp3) is 0.510. The van der Waals surface area contributed by atoms with Crippen molar-refractivity contribution in [2.75, 3.05) is 121 Å². The number of nitrogens with one attached hydrogen (secondary N) is 16. The van der Waals surface area contributed by atoms with Gasteiger partial charge in [-0.15, -0.1) is 0 Å². The first-order valence-electron chi connectivity index (χ1n) is 48.0. The Hall–Kier alpha value is -12.8. The summed E-state index contributed by atoms with van der Waals surface area (Å²) in [6.45, 7) is 17.5. The monoisotopic (exact) mass is 1840 g/mol. The SMILES string of the molecule is Cc1ccc(CNC(=O)c2cnc3nc2NCCCC[C@H](N)C(=O)NCCCCCCCCN3)cc1.Cc1ccc(CNC(=O)c2cnc3nc2NCCCC[C@H](N)C(=O)NCCCCCCCN3)cc1.Cc1ccc(CNC(=O)c2cnc3nc2NCCCC[C@H](N)C(=O)NCCCCCCN3)cc1.Cc1ccc(CNC(=O)c2cnc3nc2NCC[C@H](N)C(=O)NCCCN3)cc1. The molecule has 0 unspecified atom stereocenters. The Kier molecular flexibility index (Phi) is 46.7. The number of aryl methyl sites for hydroxylation is 4. The molecule has 724 valence electrons. The lowest BCUT2D eigenvalue weighted by Crippen LogP contribution is -2.42. The van der Waals surface area contributed by atoms with Crippen LogP contribution in [0.1, 0.15) is 253 Å². The molecule has 4 atom stereocenters. The van der Waals surface area contributed by atoms with Crippen molar-refractivity contribution in [3.63, 3.8) is 0 Å². The Morgan fingerprint density at radius 3 is 0.701 bits per heavy atom. The average molecular weight is 1840 g/mol. The number of amides is 8. The van der Waals surface area contributed by atoms with Crippen LogP contribution in [0.2, 0.25) is 0 Å². The van der Waals surface area contributed by atoms with Crippen LogP contribution in [-0.4, -0.2) is 190 Å². The van der Waals surface area contributed by atoms with E-state index in [2.05, 4.69) is 125 Å². The average Bonchev–Trinajstić information content (AvgIpc) is 0.984. The summed E-state index contributed by atoms with van der Waals surface area (Å²) in [5.41, 5.74) is 34.4. The van der Waals surface area contributed by atoms with Gasteiger partial charge in [-0.05, 0) is 159 Å². The Labute approximate surface area is 788 Å². The number of anilines is 8. The molecule has 134 heavy (non-hydrogen) atoms. The zero-order valence-corrected chi connectivity index (χ0v) is 78.7. The number of hydrogen-bond donors (Lipinski definition) is 20. The predicted octanol–water partition coefficient (Wildman–Crippen LogP) is 10.1. The molecular weight excluding hydrogens is 1700 g/mol. The molecule has 8 bridgehead atoms. The van der Waals surface area contributed by atoms with Crippen LogP contribution >= 0.6 is 0 Å². The van der Waals surface area contributed by atoms with Crippen molar-refractivity contribution < 1.29 is 38.4 Å². The van der Waals surface area contributed by atoms with Crippen molar-refractivity contribution in [3.8, 4) is 0 Å². The van der Waals surface area contributed by atoms with E-state index in [1.54, 1.807) is 18.6 Å². The Balaban J connectivity index is 0.000000201. The number of rotatable bonds is 12. The van der Waals surface area contributed by atoms with Crippen LogP contribution in [0.4, 0.5) is 47.1 Å². The maximum atomic E-state index is 13.0. The highest BCUT2D eigenvalue weighted by molar-refractivity contribution is 6.01. The van der Waals surface area contributed by atoms with E-state index in [9.17, 15) is 38.4 Å². The lowest BCUT2D eigenvalue weighted by Gasteiger charge is -2.15. The van der Waals surface area contributed by atoms with Gasteiger partial charge in [0.1, 0.15) is 45.5 Å². The summed E-state index contributed by atoms with van der Waals surface area (Å²) in [4.78, 5) is 135. The number of aromatic nitrogens is 8. The smallest absolute Gasteiger partial charge is 0.256 e. The summed E-state index contributed by atoms with van der Waals surface area (Å²) in [5.74, 6) is 2.53. The van der Waals surface area contributed by atoms with Crippen molar-refractivity contribution >= 4 is 94.3 Å². The van der Waals surface area contributed by atoms with E-state index in [0.29, 0.717) is 187 Å². The fourth-order valence-corrected chi connectivity index (χ4v) is 14.6. The van der Waals surface area contributed by atoms with E-state index < -0.39 is 24.2 Å². The summed E-state index contributed by atoms with van der Waals surface area (Å²) in [5, 5.41) is 49.3. The lowest BCUT2D eigenvalue weighted by molar-refractivity contribution is -0.123. The van der Waals surface area contributed by atoms with Gasteiger partial charge in [-0.2, -0.15) is 19.9 Å². The van der Waals surface area contributed by atoms with Crippen LogP contribution < -0.4 is 108 Å². The maximum absolute atomic E-state index is 13.0. The minimum Gasteiger partial charge on any atom is -0.369 e. The summed E-state index contributed by atoms with van der Waals surface area (Å²) in [6, 6.07) is 30.1. The summed E-state index contributed by atoms with van der Waals surface area (Å²) in [6.07, 6.45) is 29.8. The van der Waals surface area contributed by atoms with Gasteiger partial charge in [0.15, 0.2) is 0 Å². The van der Waals surface area contributed by atoms with Gasteiger partial charge in [-0.1, -0.05) is 177 Å². The molecule has 8 heterocycles. The van der Waals surface area contributed by atoms with Crippen molar-refractivity contribution in [2.24, 2.45) is 22.9 Å². The molecule has 4 aromatic carbocycles. The number of nitrogens with two attached hydrogens (primary N) is 4. The van der Waals surface area contributed by atoms with Gasteiger partial charge in [0, 0.05) is 130 Å². The van der Waals surface area contributed by atoms with Gasteiger partial charge in [0.05, 0.1) is 24.2 Å². The summed E-state index contributed by atoms with van der Waals surface area (Å²) in [7, 11) is 0. The molecule has 8 amide bonds. The van der Waals surface area contributed by atoms with E-state index in [0.717, 1.165) is 177 Å². The molecule has 4 aliphatic heterocycles. The van der Waals surface area contributed by atoms with Crippen molar-refractivity contribution in [2.45, 2.75) is 245 Å². The highest BCUT2D eigenvalue weighted by Crippen LogP contribution is 2.23. The molecule has 12 rings (SSSR count). The normalized spacial score (nSPS) is 18.3. The minimum atomic E-state index is -0.615. The highest BCUT2D eigenvalue weighted by atomic mass is 16.2. The first-order valence-corrected chi connectivity index (χ1v) is 48.0. The molecule has 0 fully saturated rings. The first kappa shape index (κ1) is 105. The molecule has 4 aliphatic rings. The van der Waals surface area contributed by atoms with Crippen LogP contribution in [0.3, 0.4) is 0 Å². The number of hydrogen-bond acceptors (Lipinski definition) is 28. The molecule has 0 saturated heterocycles. The standard InChI is InChI=1S/C27H41N7O2.C26H39N7O2.C25H37N7O2.C20H27N7O2/c1-20-11-13-21(14-12-20)18-32-25(35)22-19-33-27-31-17-8-5-3-2-4-7-16-30-26(36)23(28)10-6-9-15-29-24(22)34-27;1-19-10-12-20(13-11-19)17-31-24(34)21-18-32-26-30-16-7-4-2-3-6-15-29-25(35)22(27)9-5-8-14-28-23(21)33-26;1-18-9-11-19(12-10-18)16-30-23(33)20-17-31-25-29-15-6-3-2-5-14-28-24(34)21(26)8-4-7-13-27-22(20)32-25;1-13-3-5-14(6-4-13)11-25-18(28)15-12-26-20-24-9-2-8-23-19(29)16(21)7-10-22-17(15)27-20/h11-14,19,23H,2-10,15-18,28H2,1H3,(H,30,36)(H,32,35)(H2,29,31,33,34);10-13,18,22H,2-9,14-17,27H2,1H3,(H,29,35)(H,31,34)(H2,28,30,32,33);9-12,17,21H,2-8,13-16,26H2,1H3,(H,28,34)(H,30,33)(H2,27,29,31,32);3-6,12,16H,2,7-11,21H2,1H3,(H,23,29)(H,25,28)(H2,22,24,26,27)/t23-;22-;21-;16-/m0000/s1. The fourth-order valence-electron chi connectivity index (χ4n) is 14.6. The second-order valence-corrected chi connectivity index (χ2v) is 34.4. The van der Waals surface area contributed by atoms with Crippen LogP contribution in [0, 0.1) is 27.7 Å². The minimum absolute atomic E-state index is 0.0728. The number of benzene rings is 4. The predicted molar refractivity (Wildman–Crippen MR) is 529 cm³/mol. The van der Waals surface area contributed by atoms with Crippen molar-refractivity contribution in [1.29, 1.82) is 0 Å². The molecule has 24 N–H and O–H groups in total. The first-order chi connectivity index (χ1) is 65.1. The number of nitrogens with zero attached hydrogens (tertiary/aromatic N) is 8. The lowest BCUT2D eigenvalue weighted by atomic mass is 10.1. The molecule has 0 saturated carbocycles. The molecular formula is C98H144N28O8. The van der Waals surface area contributed by atoms with E-state index in [1.165, 1.54) is 28.5 Å². The Morgan fingerprint density at radius 1 is 0.254 bits per heavy atom. The third-order valence-corrected chi connectivity index (χ3v) is 23.0. The number of carbonyl (C=O) groups excluding carboxylic acids is 8. The van der Waals surface area contributed by atoms with Crippen LogP contribution in [0.15, 0.2) is 122 Å². The molecule has 36 heteroatoms. The molecule has 8 aromatic rings. The summed E-state index contributed by atoms with van der Waals surface area (Å²) < 4.78 is 0. The van der Waals surface area contributed by atoms with Gasteiger partial charge in [-0.3, -0.25) is 38.4 Å². The second kappa shape index (κ2) is 59.7. The highest BCUT2D eigenvalue weighted by Gasteiger charge is 2.24. The van der Waals surface area contributed by atoms with E-state index >= 15 is 0 Å². The second-order valence-electron chi connectivity index (χ2n) is 34.4. The van der Waals surface area contributed by atoms with E-state index in [4.69, 9.17) is 22.9 Å². The van der Waals surface area contributed by atoms with E-state index in [1.807, 2.05) is 125 Å². The third kappa shape index (κ3) is 39.6. The molecule has 0 aliphatic carbocycles. The van der Waals surface area contributed by atoms with Gasteiger partial charge < -0.3 is 108 Å². The van der Waals surface area contributed by atoms with Crippen LogP contribution in [0.5, 0.6) is 0 Å². The van der Waals surface area contributed by atoms with Gasteiger partial charge >= 0.3 is 0 Å². The van der Waals surface area contributed by atoms with Crippen molar-refractivity contribution in [1.82, 2.24) is 82.4 Å². The summed E-state index contributed by atoms with van der Waals surface area (Å²) >= 11 is 0. The third-order valence-electron chi connectivity index (χ3n) is 23.0.